The average molecular weight is 319 g/mol. The van der Waals surface area contributed by atoms with Gasteiger partial charge in [-0.25, -0.2) is 4.68 Å². The van der Waals surface area contributed by atoms with E-state index in [0.29, 0.717) is 12.1 Å². The summed E-state index contributed by atoms with van der Waals surface area (Å²) in [4.78, 5) is 12.9. The number of fused-ring (bicyclic) bond motifs is 3. The molecule has 0 aliphatic heterocycles. The molecule has 0 atom stereocenters. The van der Waals surface area contributed by atoms with Crippen LogP contribution >= 0.6 is 0 Å². The van der Waals surface area contributed by atoms with E-state index in [1.165, 1.54) is 4.68 Å². The second-order valence-electron chi connectivity index (χ2n) is 6.06. The van der Waals surface area contributed by atoms with E-state index in [2.05, 4.69) is 5.10 Å². The van der Waals surface area contributed by atoms with Crippen LogP contribution in [0.4, 0.5) is 0 Å². The number of phenols is 1. The summed E-state index contributed by atoms with van der Waals surface area (Å²) in [6, 6.07) is 13.1. The Hall–Kier alpha value is -3.08. The second-order valence-corrected chi connectivity index (χ2v) is 6.06. The van der Waals surface area contributed by atoms with Crippen molar-refractivity contribution >= 4 is 21.8 Å². The molecule has 0 spiro atoms. The van der Waals surface area contributed by atoms with Gasteiger partial charge >= 0.3 is 0 Å². The molecule has 120 valence electrons. The third-order valence-corrected chi connectivity index (χ3v) is 4.57. The highest BCUT2D eigenvalue weighted by molar-refractivity contribution is 6.07. The molecule has 2 aromatic heterocycles. The van der Waals surface area contributed by atoms with E-state index >= 15 is 0 Å². The molecule has 0 fully saturated rings. The van der Waals surface area contributed by atoms with Crippen LogP contribution in [-0.4, -0.2) is 19.5 Å². The van der Waals surface area contributed by atoms with Crippen LogP contribution in [0.2, 0.25) is 0 Å². The number of aryl methyl sites for hydroxylation is 2. The SMILES string of the molecule is Cc1ccccc1Cn1ncc2c3cc(O)ccc3n(C)c2c1=O. The summed E-state index contributed by atoms with van der Waals surface area (Å²) in [5.74, 6) is 0.180. The van der Waals surface area contributed by atoms with Gasteiger partial charge in [0.05, 0.1) is 12.7 Å². The largest absolute Gasteiger partial charge is 0.508 e. The van der Waals surface area contributed by atoms with Crippen molar-refractivity contribution in [3.63, 3.8) is 0 Å². The summed E-state index contributed by atoms with van der Waals surface area (Å²) in [7, 11) is 1.86. The van der Waals surface area contributed by atoms with Gasteiger partial charge in [-0.05, 0) is 36.2 Å². The van der Waals surface area contributed by atoms with Crippen LogP contribution in [-0.2, 0) is 13.6 Å². The van der Waals surface area contributed by atoms with Gasteiger partial charge in [0.25, 0.3) is 5.56 Å². The van der Waals surface area contributed by atoms with Gasteiger partial charge in [0.2, 0.25) is 0 Å². The van der Waals surface area contributed by atoms with Gasteiger partial charge in [-0.15, -0.1) is 0 Å². The lowest BCUT2D eigenvalue weighted by molar-refractivity contribution is 0.476. The van der Waals surface area contributed by atoms with Crippen molar-refractivity contribution in [3.05, 3.63) is 70.1 Å². The van der Waals surface area contributed by atoms with Crippen LogP contribution in [0.3, 0.4) is 0 Å². The highest BCUT2D eigenvalue weighted by Crippen LogP contribution is 2.28. The number of aromatic hydroxyl groups is 1. The molecule has 5 heteroatoms. The number of hydrogen-bond acceptors (Lipinski definition) is 3. The molecule has 0 saturated heterocycles. The topological polar surface area (TPSA) is 60.0 Å². The molecule has 0 saturated carbocycles. The maximum atomic E-state index is 12.9. The molecule has 24 heavy (non-hydrogen) atoms. The lowest BCUT2D eigenvalue weighted by Crippen LogP contribution is -2.24. The molecule has 0 unspecified atom stereocenters. The zero-order valence-electron chi connectivity index (χ0n) is 13.5. The Labute approximate surface area is 138 Å². The van der Waals surface area contributed by atoms with Gasteiger partial charge in [0, 0.05) is 23.3 Å². The number of hydrogen-bond donors (Lipinski definition) is 1. The third kappa shape index (κ3) is 2.09. The quantitative estimate of drug-likeness (QED) is 0.618. The molecule has 0 aliphatic carbocycles. The average Bonchev–Trinajstić information content (AvgIpc) is 2.85. The lowest BCUT2D eigenvalue weighted by Gasteiger charge is -2.08. The molecule has 4 aromatic rings. The lowest BCUT2D eigenvalue weighted by atomic mass is 10.1. The Morgan fingerprint density at radius 1 is 1.12 bits per heavy atom. The standard InChI is InChI=1S/C19H17N3O2/c1-12-5-3-4-6-13(12)11-22-19(24)18-16(10-20-22)15-9-14(23)7-8-17(15)21(18)2/h3-10,23H,11H2,1-2H3. The van der Waals surface area contributed by atoms with Crippen LogP contribution < -0.4 is 5.56 Å². The number of rotatable bonds is 2. The van der Waals surface area contributed by atoms with Crippen LogP contribution in [0, 0.1) is 6.92 Å². The fourth-order valence-corrected chi connectivity index (χ4v) is 3.21. The Bertz CT molecular complexity index is 1140. The fraction of sp³-hybridized carbons (Fsp3) is 0.158. The summed E-state index contributed by atoms with van der Waals surface area (Å²) in [5.41, 5.74) is 3.57. The second kappa shape index (κ2) is 5.23. The number of phenolic OH excluding ortho intramolecular Hbond substituents is 1. The minimum absolute atomic E-state index is 0.131. The molecule has 0 amide bonds. The highest BCUT2D eigenvalue weighted by Gasteiger charge is 2.14. The number of nitrogens with zero attached hydrogens (tertiary/aromatic N) is 3. The summed E-state index contributed by atoms with van der Waals surface area (Å²) in [6.07, 6.45) is 1.71. The van der Waals surface area contributed by atoms with Crippen molar-refractivity contribution in [2.75, 3.05) is 0 Å². The van der Waals surface area contributed by atoms with Crippen molar-refractivity contribution < 1.29 is 5.11 Å². The van der Waals surface area contributed by atoms with Gasteiger partial charge < -0.3 is 9.67 Å². The van der Waals surface area contributed by atoms with Crippen molar-refractivity contribution in [2.24, 2.45) is 7.05 Å². The first kappa shape index (κ1) is 14.5. The van der Waals surface area contributed by atoms with Crippen LogP contribution in [0.25, 0.3) is 21.8 Å². The first-order valence-electron chi connectivity index (χ1n) is 7.78. The smallest absolute Gasteiger partial charge is 0.291 e. The normalized spacial score (nSPS) is 11.4. The molecular weight excluding hydrogens is 302 g/mol. The van der Waals surface area contributed by atoms with E-state index in [0.717, 1.165) is 27.4 Å². The molecule has 4 rings (SSSR count). The summed E-state index contributed by atoms with van der Waals surface area (Å²) in [5, 5.41) is 15.7. The fourth-order valence-electron chi connectivity index (χ4n) is 3.21. The van der Waals surface area contributed by atoms with Gasteiger partial charge in [-0.1, -0.05) is 24.3 Å². The molecule has 0 radical (unpaired) electrons. The van der Waals surface area contributed by atoms with E-state index in [1.807, 2.05) is 48.9 Å². The Balaban J connectivity index is 1.96. The van der Waals surface area contributed by atoms with Gasteiger partial charge in [-0.2, -0.15) is 5.10 Å². The van der Waals surface area contributed by atoms with Crippen molar-refractivity contribution in [1.29, 1.82) is 0 Å². The predicted octanol–water partition coefficient (Wildman–Crippen LogP) is 2.95. The zero-order valence-corrected chi connectivity index (χ0v) is 13.5. The van der Waals surface area contributed by atoms with E-state index in [9.17, 15) is 9.90 Å². The van der Waals surface area contributed by atoms with Gasteiger partial charge in [-0.3, -0.25) is 4.79 Å². The van der Waals surface area contributed by atoms with Crippen LogP contribution in [0.5, 0.6) is 5.75 Å². The molecule has 0 bridgehead atoms. The van der Waals surface area contributed by atoms with Gasteiger partial charge in [0.1, 0.15) is 11.3 Å². The molecule has 5 nitrogen and oxygen atoms in total. The zero-order chi connectivity index (χ0) is 16.8. The Morgan fingerprint density at radius 3 is 2.71 bits per heavy atom. The van der Waals surface area contributed by atoms with E-state index in [4.69, 9.17) is 0 Å². The molecule has 2 heterocycles. The molecule has 0 aliphatic rings. The summed E-state index contributed by atoms with van der Waals surface area (Å²) in [6.45, 7) is 2.46. The molecule has 1 N–H and O–H groups in total. The van der Waals surface area contributed by atoms with Crippen molar-refractivity contribution in [1.82, 2.24) is 14.3 Å². The van der Waals surface area contributed by atoms with Crippen molar-refractivity contribution in [2.45, 2.75) is 13.5 Å². The van der Waals surface area contributed by atoms with Gasteiger partial charge in [0.15, 0.2) is 0 Å². The summed E-state index contributed by atoms with van der Waals surface area (Å²) < 4.78 is 3.35. The Kier molecular flexibility index (Phi) is 3.16. The third-order valence-electron chi connectivity index (χ3n) is 4.57. The molecular formula is C19H17N3O2. The first-order chi connectivity index (χ1) is 11.6. The maximum Gasteiger partial charge on any atom is 0.291 e. The number of benzene rings is 2. The minimum atomic E-state index is -0.131. The summed E-state index contributed by atoms with van der Waals surface area (Å²) >= 11 is 0. The van der Waals surface area contributed by atoms with E-state index in [-0.39, 0.29) is 11.3 Å². The minimum Gasteiger partial charge on any atom is -0.508 e. The van der Waals surface area contributed by atoms with Crippen molar-refractivity contribution in [3.8, 4) is 5.75 Å². The number of aromatic nitrogens is 3. The van der Waals surface area contributed by atoms with Crippen LogP contribution in [0.1, 0.15) is 11.1 Å². The monoisotopic (exact) mass is 319 g/mol. The molecule has 2 aromatic carbocycles. The van der Waals surface area contributed by atoms with Crippen LogP contribution in [0.15, 0.2) is 53.5 Å². The first-order valence-corrected chi connectivity index (χ1v) is 7.78. The Morgan fingerprint density at radius 2 is 1.92 bits per heavy atom. The predicted molar refractivity (Wildman–Crippen MR) is 94.4 cm³/mol. The highest BCUT2D eigenvalue weighted by atomic mass is 16.3. The van der Waals surface area contributed by atoms with E-state index < -0.39 is 0 Å². The maximum absolute atomic E-state index is 12.9. The van der Waals surface area contributed by atoms with E-state index in [1.54, 1.807) is 18.3 Å².